The Bertz CT molecular complexity index is 288. The van der Waals surface area contributed by atoms with Gasteiger partial charge in [0.2, 0.25) is 0 Å². The zero-order valence-corrected chi connectivity index (χ0v) is 7.91. The van der Waals surface area contributed by atoms with E-state index in [0.29, 0.717) is 0 Å². The summed E-state index contributed by atoms with van der Waals surface area (Å²) >= 11 is 0. The number of nitrogens with one attached hydrogen (secondary N) is 1. The van der Waals surface area contributed by atoms with Gasteiger partial charge < -0.3 is 10.1 Å². The monoisotopic (exact) mass is 195 g/mol. The molecule has 4 nitrogen and oxygen atoms in total. The molecule has 0 spiro atoms. The highest BCUT2D eigenvalue weighted by molar-refractivity contribution is 5.95. The van der Waals surface area contributed by atoms with Crippen LogP contribution in [0.15, 0.2) is 12.2 Å². The van der Waals surface area contributed by atoms with Gasteiger partial charge in [0, 0.05) is 0 Å². The number of carbonyl (C=O) groups is 2. The fourth-order valence-corrected chi connectivity index (χ4v) is 2.06. The number of allylic oxidation sites excluding steroid dienone is 1. The van der Waals surface area contributed by atoms with E-state index in [9.17, 15) is 9.59 Å². The predicted octanol–water partition coefficient (Wildman–Crippen LogP) is 1.37. The second kappa shape index (κ2) is 3.44. The van der Waals surface area contributed by atoms with Crippen molar-refractivity contribution in [1.29, 1.82) is 0 Å². The second-order valence-electron chi connectivity index (χ2n) is 3.92. The fraction of sp³-hybridized carbons (Fsp3) is 0.600. The van der Waals surface area contributed by atoms with Gasteiger partial charge in [-0.25, -0.2) is 9.59 Å². The zero-order chi connectivity index (χ0) is 10.1. The van der Waals surface area contributed by atoms with Crippen molar-refractivity contribution < 1.29 is 14.3 Å². The summed E-state index contributed by atoms with van der Waals surface area (Å²) in [6.45, 7) is 3.91. The molecule has 1 saturated heterocycles. The van der Waals surface area contributed by atoms with Crippen LogP contribution in [0.2, 0.25) is 0 Å². The normalized spacial score (nSPS) is 28.9. The van der Waals surface area contributed by atoms with E-state index in [0.717, 1.165) is 25.7 Å². The Kier molecular flexibility index (Phi) is 2.27. The maximum absolute atomic E-state index is 11.2. The lowest BCUT2D eigenvalue weighted by atomic mass is 9.82. The molecule has 1 heterocycles. The fourth-order valence-electron chi connectivity index (χ4n) is 2.06. The smallest absolute Gasteiger partial charge is 0.375 e. The Balaban J connectivity index is 1.98. The van der Waals surface area contributed by atoms with Crippen molar-refractivity contribution in [3.63, 3.8) is 0 Å². The maximum Gasteiger partial charge on any atom is 0.415 e. The summed E-state index contributed by atoms with van der Waals surface area (Å²) in [5.74, 6) is -0.202. The van der Waals surface area contributed by atoms with Crippen molar-refractivity contribution in [3.05, 3.63) is 12.2 Å². The molecule has 1 unspecified atom stereocenters. The van der Waals surface area contributed by atoms with Crippen molar-refractivity contribution in [2.75, 3.05) is 0 Å². The van der Waals surface area contributed by atoms with E-state index in [1.54, 1.807) is 0 Å². The van der Waals surface area contributed by atoms with Crippen LogP contribution in [-0.2, 0) is 9.53 Å². The van der Waals surface area contributed by atoms with Gasteiger partial charge in [0.15, 0.2) is 0 Å². The first-order valence-corrected chi connectivity index (χ1v) is 4.85. The lowest BCUT2D eigenvalue weighted by Gasteiger charge is -2.25. The number of hydrogen-bond acceptors (Lipinski definition) is 3. The maximum atomic E-state index is 11.2. The number of amides is 1. The average molecular weight is 195 g/mol. The largest absolute Gasteiger partial charge is 0.415 e. The summed E-state index contributed by atoms with van der Waals surface area (Å²) in [4.78, 5) is 22.0. The van der Waals surface area contributed by atoms with Crippen LogP contribution in [0.3, 0.4) is 0 Å². The van der Waals surface area contributed by atoms with Gasteiger partial charge in [-0.15, -0.1) is 0 Å². The van der Waals surface area contributed by atoms with E-state index < -0.39 is 18.1 Å². The number of alkyl carbamates (subject to hydrolysis) is 1. The molecular formula is C10H13NO3. The van der Waals surface area contributed by atoms with Crippen LogP contribution in [0, 0.1) is 5.92 Å². The molecule has 0 aromatic carbocycles. The van der Waals surface area contributed by atoms with Gasteiger partial charge in [-0.2, -0.15) is 0 Å². The second-order valence-corrected chi connectivity index (χ2v) is 3.92. The minimum absolute atomic E-state index is 0.222. The zero-order valence-electron chi connectivity index (χ0n) is 7.91. The van der Waals surface area contributed by atoms with Crippen molar-refractivity contribution in [2.24, 2.45) is 5.92 Å². The third-order valence-electron chi connectivity index (χ3n) is 2.93. The Morgan fingerprint density at radius 3 is 2.43 bits per heavy atom. The van der Waals surface area contributed by atoms with Gasteiger partial charge in [0.25, 0.3) is 0 Å². The first-order valence-electron chi connectivity index (χ1n) is 4.85. The standard InChI is InChI=1S/C10H13NO3/c1-6-2-4-7(5-3-6)8-9(12)14-10(13)11-8/h7-8H,1-5H2,(H,11,13). The minimum Gasteiger partial charge on any atom is -0.375 e. The van der Waals surface area contributed by atoms with Crippen molar-refractivity contribution in [2.45, 2.75) is 31.7 Å². The molecule has 0 aromatic heterocycles. The number of hydrogen-bond donors (Lipinski definition) is 1. The van der Waals surface area contributed by atoms with E-state index in [1.807, 2.05) is 0 Å². The molecule has 1 aliphatic heterocycles. The van der Waals surface area contributed by atoms with E-state index in [1.165, 1.54) is 5.57 Å². The SMILES string of the molecule is C=C1CCC(C2NC(=O)OC2=O)CC1. The Labute approximate surface area is 82.3 Å². The third-order valence-corrected chi connectivity index (χ3v) is 2.93. The molecule has 0 bridgehead atoms. The van der Waals surface area contributed by atoms with Crippen LogP contribution in [-0.4, -0.2) is 18.1 Å². The predicted molar refractivity (Wildman–Crippen MR) is 49.5 cm³/mol. The third kappa shape index (κ3) is 1.64. The summed E-state index contributed by atoms with van der Waals surface area (Å²) in [5, 5.41) is 2.55. The van der Waals surface area contributed by atoms with E-state index in [2.05, 4.69) is 16.6 Å². The first kappa shape index (κ1) is 9.24. The molecule has 1 aliphatic carbocycles. The molecule has 1 amide bonds. The van der Waals surface area contributed by atoms with E-state index in [4.69, 9.17) is 0 Å². The molecule has 2 aliphatic rings. The molecule has 0 radical (unpaired) electrons. The summed E-state index contributed by atoms with van der Waals surface area (Å²) in [7, 11) is 0. The summed E-state index contributed by atoms with van der Waals surface area (Å²) in [5.41, 5.74) is 1.24. The first-order chi connectivity index (χ1) is 6.66. The average Bonchev–Trinajstić information content (AvgIpc) is 2.47. The number of cyclic esters (lactones) is 2. The summed E-state index contributed by atoms with van der Waals surface area (Å²) < 4.78 is 4.44. The highest BCUT2D eigenvalue weighted by atomic mass is 16.6. The Morgan fingerprint density at radius 2 is 1.93 bits per heavy atom. The van der Waals surface area contributed by atoms with Gasteiger partial charge in [0.05, 0.1) is 0 Å². The van der Waals surface area contributed by atoms with E-state index >= 15 is 0 Å². The number of ether oxygens (including phenoxy) is 1. The van der Waals surface area contributed by atoms with Gasteiger partial charge in [-0.05, 0) is 31.6 Å². The van der Waals surface area contributed by atoms with E-state index in [-0.39, 0.29) is 5.92 Å². The lowest BCUT2D eigenvalue weighted by Crippen LogP contribution is -2.37. The lowest BCUT2D eigenvalue weighted by molar-refractivity contribution is -0.136. The molecule has 76 valence electrons. The number of esters is 1. The van der Waals surface area contributed by atoms with Crippen molar-refractivity contribution in [1.82, 2.24) is 5.32 Å². The van der Waals surface area contributed by atoms with Gasteiger partial charge in [-0.3, -0.25) is 0 Å². The Hall–Kier alpha value is -1.32. The summed E-state index contributed by atoms with van der Waals surface area (Å²) in [6.07, 6.45) is 3.12. The molecular weight excluding hydrogens is 182 g/mol. The molecule has 1 N–H and O–H groups in total. The molecule has 1 saturated carbocycles. The van der Waals surface area contributed by atoms with Crippen molar-refractivity contribution >= 4 is 12.1 Å². The minimum atomic E-state index is -0.607. The Morgan fingerprint density at radius 1 is 1.29 bits per heavy atom. The van der Waals surface area contributed by atoms with Gasteiger partial charge >= 0.3 is 12.1 Å². The molecule has 2 fully saturated rings. The number of rotatable bonds is 1. The molecule has 4 heteroatoms. The molecule has 1 atom stereocenters. The van der Waals surface area contributed by atoms with Crippen LogP contribution >= 0.6 is 0 Å². The van der Waals surface area contributed by atoms with Crippen LogP contribution in [0.1, 0.15) is 25.7 Å². The molecule has 14 heavy (non-hydrogen) atoms. The highest BCUT2D eigenvalue weighted by Crippen LogP contribution is 2.30. The van der Waals surface area contributed by atoms with Crippen molar-refractivity contribution in [3.8, 4) is 0 Å². The van der Waals surface area contributed by atoms with Crippen LogP contribution in [0.25, 0.3) is 0 Å². The van der Waals surface area contributed by atoms with Crippen LogP contribution in [0.5, 0.6) is 0 Å². The van der Waals surface area contributed by atoms with Gasteiger partial charge in [-0.1, -0.05) is 12.2 Å². The topological polar surface area (TPSA) is 55.4 Å². The number of carbonyl (C=O) groups excluding carboxylic acids is 2. The quantitative estimate of drug-likeness (QED) is 0.390. The van der Waals surface area contributed by atoms with Gasteiger partial charge in [0.1, 0.15) is 6.04 Å². The van der Waals surface area contributed by atoms with Crippen LogP contribution < -0.4 is 5.32 Å². The highest BCUT2D eigenvalue weighted by Gasteiger charge is 2.39. The summed E-state index contributed by atoms with van der Waals surface area (Å²) in [6, 6.07) is -0.421. The molecule has 0 aromatic rings. The van der Waals surface area contributed by atoms with Crippen LogP contribution in [0.4, 0.5) is 4.79 Å². The molecule has 2 rings (SSSR count).